The molecule has 1 rings (SSSR count). The first-order chi connectivity index (χ1) is 5.74. The van der Waals surface area contributed by atoms with Gasteiger partial charge < -0.3 is 10.2 Å². The number of amides is 1. The molecule has 0 aromatic heterocycles. The molecule has 1 fully saturated rings. The molecule has 4 heteroatoms. The highest BCUT2D eigenvalue weighted by molar-refractivity contribution is 5.81. The predicted octanol–water partition coefficient (Wildman–Crippen LogP) is -0.959. The van der Waals surface area contributed by atoms with Crippen LogP contribution in [0.25, 0.3) is 0 Å². The van der Waals surface area contributed by atoms with Crippen LogP contribution in [0, 0.1) is 0 Å². The molecule has 1 heterocycles. The monoisotopic (exact) mass is 170 g/mol. The smallest absolute Gasteiger partial charge is 0.238 e. The third kappa shape index (κ3) is 2.46. The Morgan fingerprint density at radius 2 is 2.33 bits per heavy atom. The van der Waals surface area contributed by atoms with Gasteiger partial charge in [0.05, 0.1) is 0 Å². The highest BCUT2D eigenvalue weighted by Gasteiger charge is 2.20. The number of likely N-dealkylation sites (N-methyl/N-ethyl adjacent to an activating group) is 2. The van der Waals surface area contributed by atoms with Crippen LogP contribution in [-0.2, 0) is 4.79 Å². The first-order valence-electron chi connectivity index (χ1n) is 4.31. The second-order valence-corrected chi connectivity index (χ2v) is 3.13. The number of nitrogens with zero attached hydrogens (tertiary/aromatic N) is 2. The molecule has 0 bridgehead atoms. The molecule has 0 aromatic carbocycles. The molecular weight excluding hydrogens is 154 g/mol. The normalized spacial score (nSPS) is 26.3. The van der Waals surface area contributed by atoms with E-state index >= 15 is 0 Å². The summed E-state index contributed by atoms with van der Waals surface area (Å²) in [6.07, 6.45) is 0.843. The Kier molecular flexibility index (Phi) is 3.49. The fourth-order valence-electron chi connectivity index (χ4n) is 1.31. The number of carbonyl (C=O) groups is 1. The van der Waals surface area contributed by atoms with E-state index in [0.717, 1.165) is 26.1 Å². The van der Waals surface area contributed by atoms with Gasteiger partial charge in [0.25, 0.3) is 0 Å². The molecule has 69 valence electrons. The fourth-order valence-corrected chi connectivity index (χ4v) is 1.31. The first kappa shape index (κ1) is 9.48. The maximum Gasteiger partial charge on any atom is 0.238 e. The van der Waals surface area contributed by atoms with Gasteiger partial charge in [0, 0.05) is 20.1 Å². The van der Waals surface area contributed by atoms with Gasteiger partial charge in [-0.2, -0.15) is 0 Å². The van der Waals surface area contributed by atoms with Crippen LogP contribution in [0.15, 0.2) is 0 Å². The van der Waals surface area contributed by atoms with Crippen molar-refractivity contribution in [3.05, 3.63) is 0 Å². The van der Waals surface area contributed by atoms with Gasteiger partial charge in [-0.25, -0.2) is 5.32 Å². The van der Waals surface area contributed by atoms with E-state index in [4.69, 9.17) is 0 Å². The molecular formula is C8H16N3O. The molecule has 0 aliphatic carbocycles. The van der Waals surface area contributed by atoms with Gasteiger partial charge in [-0.1, -0.05) is 0 Å². The summed E-state index contributed by atoms with van der Waals surface area (Å²) in [5, 5.41) is 6.92. The van der Waals surface area contributed by atoms with Gasteiger partial charge in [-0.15, -0.1) is 0 Å². The van der Waals surface area contributed by atoms with E-state index in [2.05, 4.69) is 22.6 Å². The molecule has 1 aliphatic heterocycles. The van der Waals surface area contributed by atoms with Crippen molar-refractivity contribution in [2.75, 3.05) is 33.7 Å². The first-order valence-corrected chi connectivity index (χ1v) is 4.31. The summed E-state index contributed by atoms with van der Waals surface area (Å²) in [7, 11) is 3.72. The third-order valence-electron chi connectivity index (χ3n) is 2.16. The third-order valence-corrected chi connectivity index (χ3v) is 2.16. The van der Waals surface area contributed by atoms with Crippen LogP contribution < -0.4 is 10.6 Å². The molecule has 1 aliphatic rings. The van der Waals surface area contributed by atoms with Crippen molar-refractivity contribution in [3.63, 3.8) is 0 Å². The summed E-state index contributed by atoms with van der Waals surface area (Å²) < 4.78 is 0. The van der Waals surface area contributed by atoms with E-state index in [1.165, 1.54) is 0 Å². The van der Waals surface area contributed by atoms with Crippen molar-refractivity contribution in [1.82, 2.24) is 15.5 Å². The Morgan fingerprint density at radius 1 is 1.58 bits per heavy atom. The molecule has 0 aromatic rings. The lowest BCUT2D eigenvalue weighted by atomic mass is 10.2. The summed E-state index contributed by atoms with van der Waals surface area (Å²) in [5.41, 5.74) is 0. The molecule has 1 amide bonds. The standard InChI is InChI=1S/C8H16N3O/c1-9-8(12)7-3-5-11(2)6-4-10-7/h7H,3-6H2,1-2H3,(H,9,12). The Hall–Kier alpha value is -0.610. The van der Waals surface area contributed by atoms with Crippen molar-refractivity contribution in [2.45, 2.75) is 12.5 Å². The molecule has 1 saturated heterocycles. The zero-order chi connectivity index (χ0) is 8.97. The minimum atomic E-state index is -0.125. The highest BCUT2D eigenvalue weighted by Crippen LogP contribution is 2.00. The second-order valence-electron chi connectivity index (χ2n) is 3.13. The van der Waals surface area contributed by atoms with E-state index in [0.29, 0.717) is 0 Å². The molecule has 1 radical (unpaired) electrons. The number of hydrogen-bond donors (Lipinski definition) is 1. The lowest BCUT2D eigenvalue weighted by Crippen LogP contribution is -2.38. The zero-order valence-corrected chi connectivity index (χ0v) is 7.71. The summed E-state index contributed by atoms with van der Waals surface area (Å²) in [6, 6.07) is -0.125. The summed E-state index contributed by atoms with van der Waals surface area (Å²) in [4.78, 5) is 13.4. The average molecular weight is 170 g/mol. The van der Waals surface area contributed by atoms with Crippen molar-refractivity contribution in [3.8, 4) is 0 Å². The van der Waals surface area contributed by atoms with E-state index in [9.17, 15) is 4.79 Å². The van der Waals surface area contributed by atoms with Crippen LogP contribution in [0.1, 0.15) is 6.42 Å². The molecule has 0 spiro atoms. The number of hydrogen-bond acceptors (Lipinski definition) is 2. The van der Waals surface area contributed by atoms with E-state index in [1.54, 1.807) is 7.05 Å². The summed E-state index contributed by atoms with van der Waals surface area (Å²) >= 11 is 0. The Bertz CT molecular complexity index is 160. The van der Waals surface area contributed by atoms with E-state index in [-0.39, 0.29) is 11.9 Å². The second kappa shape index (κ2) is 4.42. The van der Waals surface area contributed by atoms with Crippen molar-refractivity contribution < 1.29 is 4.79 Å². The topological polar surface area (TPSA) is 46.4 Å². The molecule has 1 N–H and O–H groups in total. The lowest BCUT2D eigenvalue weighted by Gasteiger charge is -2.12. The SMILES string of the molecule is CNC(=O)C1CCN(C)CC[N]1. The van der Waals surface area contributed by atoms with Gasteiger partial charge in [-0.3, -0.25) is 4.79 Å². The Morgan fingerprint density at radius 3 is 3.00 bits per heavy atom. The van der Waals surface area contributed by atoms with E-state index < -0.39 is 0 Å². The number of nitrogens with one attached hydrogen (secondary N) is 1. The number of rotatable bonds is 1. The minimum absolute atomic E-state index is 0.0466. The molecule has 12 heavy (non-hydrogen) atoms. The van der Waals surface area contributed by atoms with Crippen molar-refractivity contribution in [1.29, 1.82) is 0 Å². The van der Waals surface area contributed by atoms with Crippen molar-refractivity contribution >= 4 is 5.91 Å². The lowest BCUT2D eigenvalue weighted by molar-refractivity contribution is -0.122. The summed E-state index contributed by atoms with van der Waals surface area (Å²) in [5.74, 6) is 0.0466. The van der Waals surface area contributed by atoms with Gasteiger partial charge >= 0.3 is 0 Å². The van der Waals surface area contributed by atoms with E-state index in [1.807, 2.05) is 0 Å². The van der Waals surface area contributed by atoms with Crippen LogP contribution in [-0.4, -0.2) is 50.6 Å². The number of carbonyl (C=O) groups excluding carboxylic acids is 1. The molecule has 1 unspecified atom stereocenters. The summed E-state index contributed by atoms with van der Waals surface area (Å²) in [6.45, 7) is 2.70. The predicted molar refractivity (Wildman–Crippen MR) is 47.0 cm³/mol. The molecule has 4 nitrogen and oxygen atoms in total. The maximum atomic E-state index is 11.2. The highest BCUT2D eigenvalue weighted by atomic mass is 16.2. The Balaban J connectivity index is 2.40. The largest absolute Gasteiger partial charge is 0.358 e. The van der Waals surface area contributed by atoms with Crippen LogP contribution in [0.2, 0.25) is 0 Å². The average Bonchev–Trinajstić information content (AvgIpc) is 2.29. The van der Waals surface area contributed by atoms with Gasteiger partial charge in [0.2, 0.25) is 5.91 Å². The molecule has 0 saturated carbocycles. The molecule has 1 atom stereocenters. The van der Waals surface area contributed by atoms with Gasteiger partial charge in [0.1, 0.15) is 6.04 Å². The fraction of sp³-hybridized carbons (Fsp3) is 0.875. The minimum Gasteiger partial charge on any atom is -0.358 e. The van der Waals surface area contributed by atoms with Crippen LogP contribution in [0.3, 0.4) is 0 Å². The van der Waals surface area contributed by atoms with Gasteiger partial charge in [-0.05, 0) is 20.0 Å². The maximum absolute atomic E-state index is 11.2. The van der Waals surface area contributed by atoms with Gasteiger partial charge in [0.15, 0.2) is 0 Å². The Labute approximate surface area is 73.3 Å². The van der Waals surface area contributed by atoms with Crippen molar-refractivity contribution in [2.24, 2.45) is 0 Å². The van der Waals surface area contributed by atoms with Crippen LogP contribution >= 0.6 is 0 Å². The van der Waals surface area contributed by atoms with Crippen LogP contribution in [0.4, 0.5) is 0 Å². The quantitative estimate of drug-likeness (QED) is 0.551. The van der Waals surface area contributed by atoms with Crippen LogP contribution in [0.5, 0.6) is 0 Å². The zero-order valence-electron chi connectivity index (χ0n) is 7.71.